The second-order valence-corrected chi connectivity index (χ2v) is 3.29. The lowest BCUT2D eigenvalue weighted by Crippen LogP contribution is -2.05. The van der Waals surface area contributed by atoms with E-state index in [0.29, 0.717) is 5.92 Å². The van der Waals surface area contributed by atoms with Gasteiger partial charge in [0.05, 0.1) is 6.20 Å². The normalized spacial score (nSPS) is 13.3. The summed E-state index contributed by atoms with van der Waals surface area (Å²) in [5.74, 6) is 0.531. The number of nitrogens with two attached hydrogens (primary N) is 1. The van der Waals surface area contributed by atoms with Crippen LogP contribution in [0.5, 0.6) is 0 Å². The molecule has 3 nitrogen and oxygen atoms in total. The molecule has 1 aromatic heterocycles. The van der Waals surface area contributed by atoms with Crippen LogP contribution < -0.4 is 5.73 Å². The first-order chi connectivity index (χ1) is 5.66. The van der Waals surface area contributed by atoms with Crippen LogP contribution in [0.4, 0.5) is 0 Å². The van der Waals surface area contributed by atoms with Crippen molar-refractivity contribution in [3.8, 4) is 0 Å². The van der Waals surface area contributed by atoms with Crippen LogP contribution >= 0.6 is 0 Å². The van der Waals surface area contributed by atoms with Crippen molar-refractivity contribution in [3.05, 3.63) is 17.5 Å². The molecule has 0 saturated carbocycles. The fourth-order valence-electron chi connectivity index (χ4n) is 1.40. The predicted octanol–water partition coefficient (Wildman–Crippen LogP) is 1.18. The predicted molar refractivity (Wildman–Crippen MR) is 50.0 cm³/mol. The molecule has 0 amide bonds. The number of nitrogens with zero attached hydrogens (tertiary/aromatic N) is 2. The Morgan fingerprint density at radius 3 is 2.75 bits per heavy atom. The van der Waals surface area contributed by atoms with Crippen LogP contribution in [0, 0.1) is 6.92 Å². The summed E-state index contributed by atoms with van der Waals surface area (Å²) in [7, 11) is 1.97. The quantitative estimate of drug-likeness (QED) is 0.734. The molecule has 1 atom stereocenters. The van der Waals surface area contributed by atoms with E-state index in [4.69, 9.17) is 5.73 Å². The Morgan fingerprint density at radius 2 is 2.33 bits per heavy atom. The molecule has 3 heteroatoms. The van der Waals surface area contributed by atoms with Crippen LogP contribution in [-0.4, -0.2) is 16.3 Å². The lowest BCUT2D eigenvalue weighted by Gasteiger charge is -2.08. The van der Waals surface area contributed by atoms with Crippen LogP contribution in [0.1, 0.15) is 30.5 Å². The molecule has 0 spiro atoms. The molecule has 1 heterocycles. The lowest BCUT2D eigenvalue weighted by molar-refractivity contribution is 0.678. The smallest absolute Gasteiger partial charge is 0.0527 e. The van der Waals surface area contributed by atoms with Gasteiger partial charge in [0.15, 0.2) is 0 Å². The maximum Gasteiger partial charge on any atom is 0.0527 e. The Balaban J connectivity index is 2.80. The third kappa shape index (κ3) is 1.67. The van der Waals surface area contributed by atoms with Gasteiger partial charge >= 0.3 is 0 Å². The number of aryl methyl sites for hydroxylation is 1. The van der Waals surface area contributed by atoms with Gasteiger partial charge in [0.1, 0.15) is 0 Å². The van der Waals surface area contributed by atoms with E-state index in [2.05, 4.69) is 18.9 Å². The highest BCUT2D eigenvalue weighted by atomic mass is 15.3. The molecule has 0 aliphatic heterocycles. The monoisotopic (exact) mass is 167 g/mol. The number of hydrogen-bond acceptors (Lipinski definition) is 2. The highest BCUT2D eigenvalue weighted by Gasteiger charge is 2.10. The van der Waals surface area contributed by atoms with Gasteiger partial charge in [-0.25, -0.2) is 0 Å². The van der Waals surface area contributed by atoms with Crippen LogP contribution in [0.2, 0.25) is 0 Å². The summed E-state index contributed by atoms with van der Waals surface area (Å²) in [6.07, 6.45) is 2.97. The molecule has 1 aromatic rings. The number of hydrogen-bond donors (Lipinski definition) is 1. The Labute approximate surface area is 73.6 Å². The standard InChI is InChI=1S/C9H17N3/c1-7(4-5-10)9-6-11-12(3)8(9)2/h6-7H,4-5,10H2,1-3H3. The van der Waals surface area contributed by atoms with E-state index in [9.17, 15) is 0 Å². The maximum absolute atomic E-state index is 5.50. The topological polar surface area (TPSA) is 43.8 Å². The van der Waals surface area contributed by atoms with Crippen molar-refractivity contribution in [3.63, 3.8) is 0 Å². The van der Waals surface area contributed by atoms with Crippen LogP contribution in [0.25, 0.3) is 0 Å². The van der Waals surface area contributed by atoms with E-state index in [1.165, 1.54) is 11.3 Å². The Kier molecular flexibility index (Phi) is 2.87. The second kappa shape index (κ2) is 3.72. The summed E-state index contributed by atoms with van der Waals surface area (Å²) in [4.78, 5) is 0. The minimum Gasteiger partial charge on any atom is -0.330 e. The first-order valence-corrected chi connectivity index (χ1v) is 4.35. The molecule has 2 N–H and O–H groups in total. The summed E-state index contributed by atoms with van der Waals surface area (Å²) < 4.78 is 1.91. The van der Waals surface area contributed by atoms with Crippen molar-refractivity contribution in [1.82, 2.24) is 9.78 Å². The van der Waals surface area contributed by atoms with E-state index >= 15 is 0 Å². The lowest BCUT2D eigenvalue weighted by atomic mass is 9.99. The van der Waals surface area contributed by atoms with Crippen LogP contribution in [0.3, 0.4) is 0 Å². The van der Waals surface area contributed by atoms with Crippen molar-refractivity contribution < 1.29 is 0 Å². The van der Waals surface area contributed by atoms with Crippen molar-refractivity contribution in [2.45, 2.75) is 26.2 Å². The number of rotatable bonds is 3. The minimum atomic E-state index is 0.531. The Hall–Kier alpha value is -0.830. The summed E-state index contributed by atoms with van der Waals surface area (Å²) in [6, 6.07) is 0. The van der Waals surface area contributed by atoms with Gasteiger partial charge in [0.2, 0.25) is 0 Å². The SMILES string of the molecule is Cc1c(C(C)CCN)cnn1C. The summed E-state index contributed by atoms with van der Waals surface area (Å²) in [5.41, 5.74) is 8.06. The highest BCUT2D eigenvalue weighted by molar-refractivity contribution is 5.20. The van der Waals surface area contributed by atoms with Crippen molar-refractivity contribution in [2.24, 2.45) is 12.8 Å². The molecule has 12 heavy (non-hydrogen) atoms. The van der Waals surface area contributed by atoms with Crippen molar-refractivity contribution >= 4 is 0 Å². The molecular formula is C9H17N3. The van der Waals surface area contributed by atoms with Gasteiger partial charge < -0.3 is 5.73 Å². The molecule has 68 valence electrons. The fraction of sp³-hybridized carbons (Fsp3) is 0.667. The van der Waals surface area contributed by atoms with Gasteiger partial charge in [0.25, 0.3) is 0 Å². The molecule has 1 unspecified atom stereocenters. The molecule has 0 fully saturated rings. The van der Waals surface area contributed by atoms with Gasteiger partial charge in [-0.1, -0.05) is 6.92 Å². The largest absolute Gasteiger partial charge is 0.330 e. The zero-order chi connectivity index (χ0) is 9.14. The fourth-order valence-corrected chi connectivity index (χ4v) is 1.40. The third-order valence-electron chi connectivity index (χ3n) is 2.40. The molecule has 0 saturated heterocycles. The Bertz CT molecular complexity index is 252. The third-order valence-corrected chi connectivity index (χ3v) is 2.40. The van der Waals surface area contributed by atoms with Gasteiger partial charge in [-0.05, 0) is 31.4 Å². The highest BCUT2D eigenvalue weighted by Crippen LogP contribution is 2.20. The molecule has 1 rings (SSSR count). The first kappa shape index (κ1) is 9.26. The summed E-state index contributed by atoms with van der Waals surface area (Å²) in [6.45, 7) is 5.03. The molecule has 0 radical (unpaired) electrons. The first-order valence-electron chi connectivity index (χ1n) is 4.35. The molecule has 0 bridgehead atoms. The second-order valence-electron chi connectivity index (χ2n) is 3.29. The average Bonchev–Trinajstić information content (AvgIpc) is 2.34. The van der Waals surface area contributed by atoms with E-state index < -0.39 is 0 Å². The average molecular weight is 167 g/mol. The summed E-state index contributed by atoms with van der Waals surface area (Å²) in [5, 5.41) is 4.20. The molecular weight excluding hydrogens is 150 g/mol. The molecule has 0 aliphatic rings. The van der Waals surface area contributed by atoms with Crippen LogP contribution in [0.15, 0.2) is 6.20 Å². The van der Waals surface area contributed by atoms with Gasteiger partial charge in [0, 0.05) is 12.7 Å². The van der Waals surface area contributed by atoms with E-state index in [0.717, 1.165) is 13.0 Å². The summed E-state index contributed by atoms with van der Waals surface area (Å²) >= 11 is 0. The zero-order valence-electron chi connectivity index (χ0n) is 8.04. The number of aromatic nitrogens is 2. The minimum absolute atomic E-state index is 0.531. The van der Waals surface area contributed by atoms with Crippen LogP contribution in [-0.2, 0) is 7.05 Å². The molecule has 0 aliphatic carbocycles. The zero-order valence-corrected chi connectivity index (χ0v) is 8.04. The van der Waals surface area contributed by atoms with Gasteiger partial charge in [-0.15, -0.1) is 0 Å². The van der Waals surface area contributed by atoms with Crippen molar-refractivity contribution in [2.75, 3.05) is 6.54 Å². The Morgan fingerprint density at radius 1 is 1.67 bits per heavy atom. The van der Waals surface area contributed by atoms with Crippen molar-refractivity contribution in [1.29, 1.82) is 0 Å². The molecule has 0 aromatic carbocycles. The van der Waals surface area contributed by atoms with Gasteiger partial charge in [-0.2, -0.15) is 5.10 Å². The van der Waals surface area contributed by atoms with E-state index in [1.54, 1.807) is 0 Å². The van der Waals surface area contributed by atoms with E-state index in [1.807, 2.05) is 17.9 Å². The maximum atomic E-state index is 5.50. The van der Waals surface area contributed by atoms with E-state index in [-0.39, 0.29) is 0 Å². The van der Waals surface area contributed by atoms with Gasteiger partial charge in [-0.3, -0.25) is 4.68 Å².